The van der Waals surface area contributed by atoms with Gasteiger partial charge in [-0.25, -0.2) is 8.78 Å². The second-order valence-corrected chi connectivity index (χ2v) is 3.76. The van der Waals surface area contributed by atoms with E-state index in [1.807, 2.05) is 22.6 Å². The van der Waals surface area contributed by atoms with Crippen LogP contribution >= 0.6 is 38.5 Å². The first kappa shape index (κ1) is 9.37. The third kappa shape index (κ3) is 2.66. The first-order chi connectivity index (χ1) is 5.09. The SMILES string of the molecule is FC(F)Cn1cc(Br)c(I)n1. The normalized spacial score (nSPS) is 11.0. The predicted octanol–water partition coefficient (Wildman–Crippen LogP) is 2.52. The summed E-state index contributed by atoms with van der Waals surface area (Å²) in [5.74, 6) is 0. The molecule has 0 aliphatic heterocycles. The van der Waals surface area contributed by atoms with Crippen molar-refractivity contribution < 1.29 is 8.78 Å². The van der Waals surface area contributed by atoms with E-state index in [4.69, 9.17) is 0 Å². The van der Waals surface area contributed by atoms with Crippen LogP contribution in [-0.4, -0.2) is 16.2 Å². The van der Waals surface area contributed by atoms with Crippen molar-refractivity contribution in [3.8, 4) is 0 Å². The molecule has 1 aromatic rings. The molecule has 0 saturated carbocycles. The summed E-state index contributed by atoms with van der Waals surface area (Å²) in [5.41, 5.74) is 0. The van der Waals surface area contributed by atoms with E-state index < -0.39 is 6.43 Å². The molecule has 1 aromatic heterocycles. The van der Waals surface area contributed by atoms with E-state index in [0.29, 0.717) is 3.70 Å². The summed E-state index contributed by atoms with van der Waals surface area (Å²) in [4.78, 5) is 0. The summed E-state index contributed by atoms with van der Waals surface area (Å²) in [6, 6.07) is 0. The number of hydrogen-bond acceptors (Lipinski definition) is 1. The summed E-state index contributed by atoms with van der Waals surface area (Å²) < 4.78 is 26.2. The Hall–Kier alpha value is 0.280. The van der Waals surface area contributed by atoms with Crippen LogP contribution in [0.5, 0.6) is 0 Å². The molecule has 0 radical (unpaired) electrons. The van der Waals surface area contributed by atoms with Crippen LogP contribution in [0.15, 0.2) is 10.7 Å². The molecule has 0 atom stereocenters. The molecule has 62 valence electrons. The van der Waals surface area contributed by atoms with Crippen LogP contribution in [0.3, 0.4) is 0 Å². The molecular weight excluding hydrogens is 333 g/mol. The van der Waals surface area contributed by atoms with Crippen molar-refractivity contribution >= 4 is 38.5 Å². The van der Waals surface area contributed by atoms with Gasteiger partial charge in [-0.3, -0.25) is 4.68 Å². The third-order valence-corrected chi connectivity index (χ3v) is 3.12. The Morgan fingerprint density at radius 1 is 1.73 bits per heavy atom. The van der Waals surface area contributed by atoms with Gasteiger partial charge < -0.3 is 0 Å². The zero-order valence-electron chi connectivity index (χ0n) is 5.27. The fourth-order valence-corrected chi connectivity index (χ4v) is 1.34. The zero-order chi connectivity index (χ0) is 8.43. The Bertz CT molecular complexity index is 231. The highest BCUT2D eigenvalue weighted by Crippen LogP contribution is 2.16. The van der Waals surface area contributed by atoms with Crippen LogP contribution in [0.4, 0.5) is 8.78 Å². The van der Waals surface area contributed by atoms with E-state index in [2.05, 4.69) is 21.0 Å². The summed E-state index contributed by atoms with van der Waals surface area (Å²) in [7, 11) is 0. The second kappa shape index (κ2) is 3.79. The van der Waals surface area contributed by atoms with Crippen LogP contribution in [0.2, 0.25) is 0 Å². The molecule has 2 nitrogen and oxygen atoms in total. The van der Waals surface area contributed by atoms with E-state index in [-0.39, 0.29) is 6.54 Å². The average Bonchev–Trinajstić information content (AvgIpc) is 2.10. The minimum absolute atomic E-state index is 0.346. The standard InChI is InChI=1S/C5H4BrF2IN2/c6-3-1-11(2-4(7)8)10-5(3)9/h1,4H,2H2. The van der Waals surface area contributed by atoms with E-state index in [9.17, 15) is 8.78 Å². The van der Waals surface area contributed by atoms with Crippen molar-refractivity contribution in [1.29, 1.82) is 0 Å². The van der Waals surface area contributed by atoms with Gasteiger partial charge in [0, 0.05) is 6.20 Å². The Morgan fingerprint density at radius 2 is 2.36 bits per heavy atom. The van der Waals surface area contributed by atoms with E-state index >= 15 is 0 Å². The van der Waals surface area contributed by atoms with Gasteiger partial charge in [0.15, 0.2) is 0 Å². The lowest BCUT2D eigenvalue weighted by atomic mass is 10.7. The lowest BCUT2D eigenvalue weighted by Gasteiger charge is -1.96. The quantitative estimate of drug-likeness (QED) is 0.759. The molecule has 1 heterocycles. The average molecular weight is 337 g/mol. The van der Waals surface area contributed by atoms with Crippen LogP contribution in [0.1, 0.15) is 0 Å². The maximum Gasteiger partial charge on any atom is 0.257 e. The van der Waals surface area contributed by atoms with Crippen molar-refractivity contribution in [2.24, 2.45) is 0 Å². The zero-order valence-corrected chi connectivity index (χ0v) is 9.01. The highest BCUT2D eigenvalue weighted by atomic mass is 127. The molecule has 6 heteroatoms. The number of aromatic nitrogens is 2. The Morgan fingerprint density at radius 3 is 2.73 bits per heavy atom. The van der Waals surface area contributed by atoms with Gasteiger partial charge in [-0.15, -0.1) is 0 Å². The molecule has 1 rings (SSSR count). The van der Waals surface area contributed by atoms with Gasteiger partial charge in [0.25, 0.3) is 6.43 Å². The van der Waals surface area contributed by atoms with Crippen molar-refractivity contribution in [2.45, 2.75) is 13.0 Å². The number of rotatable bonds is 2. The van der Waals surface area contributed by atoms with Gasteiger partial charge in [-0.2, -0.15) is 5.10 Å². The molecule has 0 aliphatic carbocycles. The number of hydrogen-bond donors (Lipinski definition) is 0. The highest BCUT2D eigenvalue weighted by molar-refractivity contribution is 14.1. The maximum absolute atomic E-state index is 11.8. The number of nitrogens with zero attached hydrogens (tertiary/aromatic N) is 2. The Labute approximate surface area is 84.2 Å². The summed E-state index contributed by atoms with van der Waals surface area (Å²) in [6.45, 7) is -0.346. The van der Waals surface area contributed by atoms with Crippen LogP contribution in [0, 0.1) is 3.70 Å². The molecule has 0 aromatic carbocycles. The van der Waals surface area contributed by atoms with Crippen molar-refractivity contribution in [3.63, 3.8) is 0 Å². The summed E-state index contributed by atoms with van der Waals surface area (Å²) in [6.07, 6.45) is -0.814. The molecule has 0 saturated heterocycles. The monoisotopic (exact) mass is 336 g/mol. The van der Waals surface area contributed by atoms with Gasteiger partial charge in [0.2, 0.25) is 0 Å². The molecule has 0 N–H and O–H groups in total. The van der Waals surface area contributed by atoms with Gasteiger partial charge in [-0.05, 0) is 38.5 Å². The third-order valence-electron chi connectivity index (χ3n) is 1.00. The Kier molecular flexibility index (Phi) is 3.23. The number of alkyl halides is 2. The summed E-state index contributed by atoms with van der Waals surface area (Å²) in [5, 5.41) is 3.83. The first-order valence-electron chi connectivity index (χ1n) is 2.76. The molecule has 0 bridgehead atoms. The molecule has 0 unspecified atom stereocenters. The summed E-state index contributed by atoms with van der Waals surface area (Å²) >= 11 is 5.14. The Balaban J connectivity index is 2.73. The fraction of sp³-hybridized carbons (Fsp3) is 0.400. The van der Waals surface area contributed by atoms with Crippen molar-refractivity contribution in [3.05, 3.63) is 14.4 Å². The van der Waals surface area contributed by atoms with Gasteiger partial charge >= 0.3 is 0 Å². The predicted molar refractivity (Wildman–Crippen MR) is 48.6 cm³/mol. The van der Waals surface area contributed by atoms with E-state index in [0.717, 1.165) is 4.47 Å². The maximum atomic E-state index is 11.8. The minimum atomic E-state index is -2.35. The second-order valence-electron chi connectivity index (χ2n) is 1.88. The molecule has 0 spiro atoms. The molecule has 0 aliphatic rings. The van der Waals surface area contributed by atoms with E-state index in [1.165, 1.54) is 10.9 Å². The fourth-order valence-electron chi connectivity index (χ4n) is 0.608. The lowest BCUT2D eigenvalue weighted by Crippen LogP contribution is -2.06. The smallest absolute Gasteiger partial charge is 0.257 e. The van der Waals surface area contributed by atoms with Crippen LogP contribution in [-0.2, 0) is 6.54 Å². The van der Waals surface area contributed by atoms with Gasteiger partial charge in [-0.1, -0.05) is 0 Å². The van der Waals surface area contributed by atoms with Gasteiger partial charge in [0.05, 0.1) is 4.47 Å². The first-order valence-corrected chi connectivity index (χ1v) is 4.63. The van der Waals surface area contributed by atoms with Crippen LogP contribution in [0.25, 0.3) is 0 Å². The molecule has 0 amide bonds. The lowest BCUT2D eigenvalue weighted by molar-refractivity contribution is 0.121. The molecule has 11 heavy (non-hydrogen) atoms. The minimum Gasteiger partial charge on any atom is -0.265 e. The molecule has 0 fully saturated rings. The van der Waals surface area contributed by atoms with Gasteiger partial charge in [0.1, 0.15) is 10.2 Å². The molecular formula is C5H4BrF2IN2. The van der Waals surface area contributed by atoms with Crippen LogP contribution < -0.4 is 0 Å². The largest absolute Gasteiger partial charge is 0.265 e. The number of halogens is 4. The van der Waals surface area contributed by atoms with Crippen molar-refractivity contribution in [2.75, 3.05) is 0 Å². The van der Waals surface area contributed by atoms with E-state index in [1.54, 1.807) is 0 Å². The van der Waals surface area contributed by atoms with Crippen molar-refractivity contribution in [1.82, 2.24) is 9.78 Å². The topological polar surface area (TPSA) is 17.8 Å². The highest BCUT2D eigenvalue weighted by Gasteiger charge is 2.07.